The molecule has 0 amide bonds. The molecular weight excluding hydrogens is 346 g/mol. The van der Waals surface area contributed by atoms with Crippen LogP contribution < -0.4 is 10.1 Å². The van der Waals surface area contributed by atoms with Crippen LogP contribution >= 0.6 is 0 Å². The fraction of sp³-hybridized carbons (Fsp3) is 0.280. The monoisotopic (exact) mass is 371 g/mol. The highest BCUT2D eigenvalue weighted by Crippen LogP contribution is 2.59. The Balaban J connectivity index is 1.78. The zero-order chi connectivity index (χ0) is 19.5. The summed E-state index contributed by atoms with van der Waals surface area (Å²) in [6.07, 6.45) is -0.0762. The Morgan fingerprint density at radius 3 is 2.14 bits per heavy atom. The summed E-state index contributed by atoms with van der Waals surface area (Å²) in [5.41, 5.74) is 8.18. The lowest BCUT2D eigenvalue weighted by atomic mass is 9.83. The van der Waals surface area contributed by atoms with Crippen LogP contribution in [0, 0.1) is 0 Å². The Labute approximate surface area is 166 Å². The number of methoxy groups -OCH3 is 1. The Hall–Kier alpha value is -2.78. The maximum absolute atomic E-state index is 6.42. The van der Waals surface area contributed by atoms with E-state index in [2.05, 4.69) is 80.7 Å². The van der Waals surface area contributed by atoms with E-state index in [0.29, 0.717) is 0 Å². The first-order valence-corrected chi connectivity index (χ1v) is 9.80. The summed E-state index contributed by atoms with van der Waals surface area (Å²) in [6.45, 7) is 6.52. The van der Waals surface area contributed by atoms with Gasteiger partial charge in [0.25, 0.3) is 0 Å². The Bertz CT molecular complexity index is 1050. The molecule has 3 heteroatoms. The van der Waals surface area contributed by atoms with Crippen molar-refractivity contribution in [3.05, 3.63) is 82.9 Å². The SMILES string of the molecule is COc1c(NC(C)(C)C)c(-c2ccccc2)cc2c1[C@H]1O[C@@H]2c2ccccc21. The van der Waals surface area contributed by atoms with E-state index in [1.54, 1.807) is 7.11 Å². The van der Waals surface area contributed by atoms with Gasteiger partial charge in [0.05, 0.1) is 12.8 Å². The molecule has 0 radical (unpaired) electrons. The Morgan fingerprint density at radius 1 is 0.857 bits per heavy atom. The molecule has 0 aliphatic carbocycles. The molecule has 0 unspecified atom stereocenters. The molecule has 0 fully saturated rings. The van der Waals surface area contributed by atoms with Gasteiger partial charge in [-0.1, -0.05) is 54.6 Å². The van der Waals surface area contributed by atoms with Crippen LogP contribution in [0.15, 0.2) is 60.7 Å². The highest BCUT2D eigenvalue weighted by molar-refractivity contribution is 5.86. The molecule has 28 heavy (non-hydrogen) atoms. The summed E-state index contributed by atoms with van der Waals surface area (Å²) in [4.78, 5) is 0. The summed E-state index contributed by atoms with van der Waals surface area (Å²) in [7, 11) is 1.76. The minimum Gasteiger partial charge on any atom is -0.494 e. The van der Waals surface area contributed by atoms with Gasteiger partial charge in [0.2, 0.25) is 0 Å². The highest BCUT2D eigenvalue weighted by Gasteiger charge is 2.45. The van der Waals surface area contributed by atoms with Crippen molar-refractivity contribution in [3.8, 4) is 16.9 Å². The molecule has 0 aromatic heterocycles. The molecule has 2 heterocycles. The third-order valence-electron chi connectivity index (χ3n) is 5.52. The third kappa shape index (κ3) is 2.54. The first-order valence-electron chi connectivity index (χ1n) is 9.80. The summed E-state index contributed by atoms with van der Waals surface area (Å²) in [5.74, 6) is 0.897. The minimum atomic E-state index is -0.0958. The Morgan fingerprint density at radius 2 is 1.50 bits per heavy atom. The van der Waals surface area contributed by atoms with Gasteiger partial charge in [0.1, 0.15) is 18.0 Å². The molecular formula is C25H25NO2. The first kappa shape index (κ1) is 17.3. The number of hydrogen-bond donors (Lipinski definition) is 1. The van der Waals surface area contributed by atoms with Gasteiger partial charge in [-0.05, 0) is 49.1 Å². The topological polar surface area (TPSA) is 30.5 Å². The van der Waals surface area contributed by atoms with Crippen LogP contribution in [0.25, 0.3) is 11.1 Å². The number of ether oxygens (including phenoxy) is 2. The number of anilines is 1. The van der Waals surface area contributed by atoms with E-state index >= 15 is 0 Å². The third-order valence-corrected chi connectivity index (χ3v) is 5.52. The maximum atomic E-state index is 6.42. The summed E-state index contributed by atoms with van der Waals surface area (Å²) >= 11 is 0. The fourth-order valence-electron chi connectivity index (χ4n) is 4.47. The van der Waals surface area contributed by atoms with Crippen molar-refractivity contribution in [2.45, 2.75) is 38.5 Å². The maximum Gasteiger partial charge on any atom is 0.149 e. The zero-order valence-electron chi connectivity index (χ0n) is 16.7. The van der Waals surface area contributed by atoms with E-state index in [1.165, 1.54) is 22.3 Å². The lowest BCUT2D eigenvalue weighted by molar-refractivity contribution is 0.0849. The van der Waals surface area contributed by atoms with Gasteiger partial charge in [0, 0.05) is 16.7 Å². The van der Waals surface area contributed by atoms with Crippen LogP contribution in [0.3, 0.4) is 0 Å². The second-order valence-corrected chi connectivity index (χ2v) is 8.60. The van der Waals surface area contributed by atoms with Crippen LogP contribution in [-0.2, 0) is 4.74 Å². The zero-order valence-corrected chi connectivity index (χ0v) is 16.7. The number of rotatable bonds is 3. The number of benzene rings is 3. The number of nitrogens with one attached hydrogen (secondary N) is 1. The predicted octanol–water partition coefficient (Wildman–Crippen LogP) is 6.10. The van der Waals surface area contributed by atoms with E-state index in [-0.39, 0.29) is 17.7 Å². The lowest BCUT2D eigenvalue weighted by Gasteiger charge is -2.29. The van der Waals surface area contributed by atoms with E-state index < -0.39 is 0 Å². The van der Waals surface area contributed by atoms with E-state index in [0.717, 1.165) is 22.6 Å². The number of fused-ring (bicyclic) bond motifs is 8. The van der Waals surface area contributed by atoms with Crippen molar-refractivity contribution in [1.29, 1.82) is 0 Å². The van der Waals surface area contributed by atoms with Crippen LogP contribution in [0.4, 0.5) is 5.69 Å². The molecule has 5 rings (SSSR count). The fourth-order valence-corrected chi connectivity index (χ4v) is 4.47. The molecule has 2 aliphatic rings. The van der Waals surface area contributed by atoms with Crippen molar-refractivity contribution in [1.82, 2.24) is 0 Å². The molecule has 0 spiro atoms. The average molecular weight is 371 g/mol. The van der Waals surface area contributed by atoms with E-state index in [9.17, 15) is 0 Å². The van der Waals surface area contributed by atoms with Crippen LogP contribution in [-0.4, -0.2) is 12.6 Å². The smallest absolute Gasteiger partial charge is 0.149 e. The molecule has 3 nitrogen and oxygen atoms in total. The second kappa shape index (κ2) is 6.11. The quantitative estimate of drug-likeness (QED) is 0.604. The molecule has 142 valence electrons. The van der Waals surface area contributed by atoms with Crippen LogP contribution in [0.2, 0.25) is 0 Å². The van der Waals surface area contributed by atoms with Crippen LogP contribution in [0.1, 0.15) is 55.2 Å². The van der Waals surface area contributed by atoms with Crippen LogP contribution in [0.5, 0.6) is 5.75 Å². The van der Waals surface area contributed by atoms with E-state index in [1.807, 2.05) is 6.07 Å². The lowest BCUT2D eigenvalue weighted by Crippen LogP contribution is -2.27. The van der Waals surface area contributed by atoms with Gasteiger partial charge in [-0.25, -0.2) is 0 Å². The van der Waals surface area contributed by atoms with Crippen molar-refractivity contribution in [2.24, 2.45) is 0 Å². The molecule has 2 aliphatic heterocycles. The second-order valence-electron chi connectivity index (χ2n) is 8.60. The molecule has 0 saturated heterocycles. The normalized spacial score (nSPS) is 19.3. The standard InChI is InChI=1S/C25H25NO2/c1-25(2,3)26-21-18(15-10-6-5-7-11-15)14-19-20(24(21)27-4)23-17-13-9-8-12-16(17)22(19)28-23/h5-14,22-23,26H,1-4H3/t22-,23+/m1/s1. The largest absolute Gasteiger partial charge is 0.494 e. The summed E-state index contributed by atoms with van der Waals surface area (Å²) in [6, 6.07) is 21.3. The number of hydrogen-bond acceptors (Lipinski definition) is 3. The first-order chi connectivity index (χ1) is 13.5. The summed E-state index contributed by atoms with van der Waals surface area (Å²) in [5, 5.41) is 3.70. The van der Waals surface area contributed by atoms with Gasteiger partial charge >= 0.3 is 0 Å². The van der Waals surface area contributed by atoms with Gasteiger partial charge in [-0.3, -0.25) is 0 Å². The van der Waals surface area contributed by atoms with E-state index in [4.69, 9.17) is 9.47 Å². The summed E-state index contributed by atoms with van der Waals surface area (Å²) < 4.78 is 12.4. The van der Waals surface area contributed by atoms with Crippen molar-refractivity contribution in [3.63, 3.8) is 0 Å². The van der Waals surface area contributed by atoms with Gasteiger partial charge < -0.3 is 14.8 Å². The molecule has 2 bridgehead atoms. The average Bonchev–Trinajstić information content (AvgIpc) is 3.24. The van der Waals surface area contributed by atoms with Gasteiger partial charge in [0.15, 0.2) is 0 Å². The predicted molar refractivity (Wildman–Crippen MR) is 113 cm³/mol. The van der Waals surface area contributed by atoms with Gasteiger partial charge in [-0.2, -0.15) is 0 Å². The van der Waals surface area contributed by atoms with Crippen molar-refractivity contribution in [2.75, 3.05) is 12.4 Å². The molecule has 2 atom stereocenters. The molecule has 3 aromatic rings. The molecule has 1 N–H and O–H groups in total. The van der Waals surface area contributed by atoms with Crippen molar-refractivity contribution >= 4 is 5.69 Å². The molecule has 3 aromatic carbocycles. The molecule has 0 saturated carbocycles. The van der Waals surface area contributed by atoms with Crippen molar-refractivity contribution < 1.29 is 9.47 Å². The Kier molecular flexibility index (Phi) is 3.78. The minimum absolute atomic E-state index is 0.0174. The highest BCUT2D eigenvalue weighted by atomic mass is 16.5. The van der Waals surface area contributed by atoms with Gasteiger partial charge in [-0.15, -0.1) is 0 Å².